The molecule has 0 aliphatic rings. The first-order valence-corrected chi connectivity index (χ1v) is 5.48. The molecule has 0 saturated carbocycles. The molecule has 1 rings (SSSR count). The van der Waals surface area contributed by atoms with Crippen molar-refractivity contribution in [2.24, 2.45) is 5.73 Å². The highest BCUT2D eigenvalue weighted by Crippen LogP contribution is 2.27. The number of hydrogen-bond acceptors (Lipinski definition) is 4. The van der Waals surface area contributed by atoms with Crippen LogP contribution in [0.25, 0.3) is 0 Å². The number of carboxylic acids is 1. The van der Waals surface area contributed by atoms with Gasteiger partial charge < -0.3 is 20.9 Å². The van der Waals surface area contributed by atoms with Crippen molar-refractivity contribution in [2.75, 3.05) is 19.0 Å². The molecule has 0 aliphatic carbocycles. The van der Waals surface area contributed by atoms with Crippen LogP contribution in [0.3, 0.4) is 0 Å². The number of carboxylic acid groups (broad SMARTS) is 1. The number of carbonyl (C=O) groups is 1. The Morgan fingerprint density at radius 2 is 2.35 bits per heavy atom. The van der Waals surface area contributed by atoms with Crippen LogP contribution in [0.1, 0.15) is 6.42 Å². The smallest absolute Gasteiger partial charge is 0.320 e. The van der Waals surface area contributed by atoms with Gasteiger partial charge in [-0.05, 0) is 24.6 Å². The molecule has 0 bridgehead atoms. The summed E-state index contributed by atoms with van der Waals surface area (Å²) in [7, 11) is 1.54. The van der Waals surface area contributed by atoms with Crippen LogP contribution in [0, 0.1) is 0 Å². The molecule has 0 radical (unpaired) electrons. The van der Waals surface area contributed by atoms with Gasteiger partial charge in [-0.2, -0.15) is 0 Å². The maximum absolute atomic E-state index is 10.5. The molecule has 6 heteroatoms. The lowest BCUT2D eigenvalue weighted by molar-refractivity contribution is -0.138. The van der Waals surface area contributed by atoms with Gasteiger partial charge in [0, 0.05) is 12.2 Å². The monoisotopic (exact) mass is 258 g/mol. The molecule has 0 saturated heterocycles. The zero-order valence-electron chi connectivity index (χ0n) is 9.44. The molecule has 1 atom stereocenters. The van der Waals surface area contributed by atoms with E-state index in [-0.39, 0.29) is 0 Å². The fourth-order valence-corrected chi connectivity index (χ4v) is 1.53. The van der Waals surface area contributed by atoms with E-state index in [2.05, 4.69) is 5.32 Å². The van der Waals surface area contributed by atoms with E-state index >= 15 is 0 Å². The topological polar surface area (TPSA) is 84.6 Å². The molecule has 1 unspecified atom stereocenters. The maximum Gasteiger partial charge on any atom is 0.320 e. The number of aliphatic carboxylic acids is 1. The van der Waals surface area contributed by atoms with E-state index < -0.39 is 12.0 Å². The van der Waals surface area contributed by atoms with Gasteiger partial charge in [0.25, 0.3) is 0 Å². The molecule has 5 nitrogen and oxygen atoms in total. The summed E-state index contributed by atoms with van der Waals surface area (Å²) in [5.41, 5.74) is 6.17. The van der Waals surface area contributed by atoms with Gasteiger partial charge in [-0.25, -0.2) is 0 Å². The Hall–Kier alpha value is -1.46. The largest absolute Gasteiger partial charge is 0.495 e. The van der Waals surface area contributed by atoms with Gasteiger partial charge in [-0.1, -0.05) is 11.6 Å². The predicted molar refractivity (Wildman–Crippen MR) is 66.7 cm³/mol. The van der Waals surface area contributed by atoms with Crippen LogP contribution in [-0.2, 0) is 4.79 Å². The Kier molecular flexibility index (Phi) is 5.06. The maximum atomic E-state index is 10.5. The fraction of sp³-hybridized carbons (Fsp3) is 0.364. The number of rotatable bonds is 6. The Morgan fingerprint density at radius 3 is 2.88 bits per heavy atom. The van der Waals surface area contributed by atoms with E-state index in [9.17, 15) is 4.79 Å². The molecule has 1 aromatic carbocycles. The lowest BCUT2D eigenvalue weighted by atomic mass is 10.2. The third-order valence-corrected chi connectivity index (χ3v) is 2.55. The number of methoxy groups -OCH3 is 1. The van der Waals surface area contributed by atoms with Crippen LogP contribution in [0.4, 0.5) is 5.69 Å². The Labute approximate surface area is 105 Å². The Morgan fingerprint density at radius 1 is 1.65 bits per heavy atom. The average Bonchev–Trinajstić information content (AvgIpc) is 2.29. The summed E-state index contributed by atoms with van der Waals surface area (Å²) < 4.78 is 5.02. The van der Waals surface area contributed by atoms with Crippen LogP contribution >= 0.6 is 11.6 Å². The summed E-state index contributed by atoms with van der Waals surface area (Å²) in [5, 5.41) is 12.1. The van der Waals surface area contributed by atoms with Crippen molar-refractivity contribution in [1.29, 1.82) is 0 Å². The Balaban J connectivity index is 2.47. The summed E-state index contributed by atoms with van der Waals surface area (Å²) in [6.07, 6.45) is 0.346. The first-order chi connectivity index (χ1) is 8.04. The van der Waals surface area contributed by atoms with E-state index in [0.717, 1.165) is 5.69 Å². The number of ether oxygens (including phenoxy) is 1. The van der Waals surface area contributed by atoms with Crippen LogP contribution in [-0.4, -0.2) is 30.8 Å². The quantitative estimate of drug-likeness (QED) is 0.721. The van der Waals surface area contributed by atoms with Gasteiger partial charge in [0.05, 0.1) is 12.1 Å². The van der Waals surface area contributed by atoms with Crippen molar-refractivity contribution in [3.8, 4) is 5.75 Å². The predicted octanol–water partition coefficient (Wildman–Crippen LogP) is 1.56. The highest BCUT2D eigenvalue weighted by molar-refractivity contribution is 6.32. The summed E-state index contributed by atoms with van der Waals surface area (Å²) in [6, 6.07) is 4.40. The number of nitrogens with two attached hydrogens (primary N) is 1. The first kappa shape index (κ1) is 13.6. The van der Waals surface area contributed by atoms with E-state index in [1.54, 1.807) is 25.3 Å². The molecular weight excluding hydrogens is 244 g/mol. The second kappa shape index (κ2) is 6.32. The third-order valence-electron chi connectivity index (χ3n) is 2.25. The fourth-order valence-electron chi connectivity index (χ4n) is 1.27. The van der Waals surface area contributed by atoms with E-state index in [0.29, 0.717) is 23.7 Å². The highest BCUT2D eigenvalue weighted by Gasteiger charge is 2.10. The van der Waals surface area contributed by atoms with Gasteiger partial charge >= 0.3 is 5.97 Å². The Bertz CT molecular complexity index is 398. The van der Waals surface area contributed by atoms with Crippen molar-refractivity contribution in [2.45, 2.75) is 12.5 Å². The molecule has 0 spiro atoms. The second-order valence-electron chi connectivity index (χ2n) is 3.51. The second-order valence-corrected chi connectivity index (χ2v) is 3.92. The van der Waals surface area contributed by atoms with Crippen molar-refractivity contribution < 1.29 is 14.6 Å². The molecule has 4 N–H and O–H groups in total. The number of hydrogen-bond donors (Lipinski definition) is 3. The van der Waals surface area contributed by atoms with Gasteiger partial charge in [0.15, 0.2) is 0 Å². The molecule has 0 amide bonds. The number of halogens is 1. The van der Waals surface area contributed by atoms with E-state index in [4.69, 9.17) is 27.2 Å². The standard InChI is InChI=1S/C11H15ClN2O3/c1-17-10-3-2-7(6-8(10)12)14-5-4-9(13)11(15)16/h2-3,6,9,14H,4-5,13H2,1H3,(H,15,16). The molecule has 1 aromatic rings. The van der Waals surface area contributed by atoms with Crippen LogP contribution in [0.15, 0.2) is 18.2 Å². The highest BCUT2D eigenvalue weighted by atomic mass is 35.5. The number of anilines is 1. The SMILES string of the molecule is COc1ccc(NCCC(N)C(=O)O)cc1Cl. The van der Waals surface area contributed by atoms with Crippen LogP contribution in [0.5, 0.6) is 5.75 Å². The molecular formula is C11H15ClN2O3. The first-order valence-electron chi connectivity index (χ1n) is 5.10. The van der Waals surface area contributed by atoms with Gasteiger partial charge in [-0.3, -0.25) is 4.79 Å². The van der Waals surface area contributed by atoms with Gasteiger partial charge in [-0.15, -0.1) is 0 Å². The van der Waals surface area contributed by atoms with Crippen molar-refractivity contribution in [1.82, 2.24) is 0 Å². The average molecular weight is 259 g/mol. The van der Waals surface area contributed by atoms with Crippen LogP contribution < -0.4 is 15.8 Å². The zero-order valence-corrected chi connectivity index (χ0v) is 10.2. The minimum Gasteiger partial charge on any atom is -0.495 e. The van der Waals surface area contributed by atoms with Gasteiger partial charge in [0.2, 0.25) is 0 Å². The van der Waals surface area contributed by atoms with Crippen molar-refractivity contribution in [3.63, 3.8) is 0 Å². The number of benzene rings is 1. The normalized spacial score (nSPS) is 11.9. The minimum atomic E-state index is -1.00. The van der Waals surface area contributed by atoms with E-state index in [1.165, 1.54) is 0 Å². The van der Waals surface area contributed by atoms with Crippen molar-refractivity contribution >= 4 is 23.3 Å². The van der Waals surface area contributed by atoms with Crippen molar-refractivity contribution in [3.05, 3.63) is 23.2 Å². The molecule has 0 aromatic heterocycles. The van der Waals surface area contributed by atoms with Crippen LogP contribution in [0.2, 0.25) is 5.02 Å². The molecule has 0 heterocycles. The third kappa shape index (κ3) is 4.13. The molecule has 0 aliphatic heterocycles. The van der Waals surface area contributed by atoms with Gasteiger partial charge in [0.1, 0.15) is 11.8 Å². The summed E-state index contributed by atoms with van der Waals surface area (Å²) in [5.74, 6) is -0.404. The molecule has 17 heavy (non-hydrogen) atoms. The zero-order chi connectivity index (χ0) is 12.8. The lowest BCUT2D eigenvalue weighted by Gasteiger charge is -2.10. The summed E-state index contributed by atoms with van der Waals surface area (Å²) in [6.45, 7) is 0.468. The lowest BCUT2D eigenvalue weighted by Crippen LogP contribution is -2.32. The summed E-state index contributed by atoms with van der Waals surface area (Å²) in [4.78, 5) is 10.5. The summed E-state index contributed by atoms with van der Waals surface area (Å²) >= 11 is 5.94. The minimum absolute atomic E-state index is 0.346. The molecule has 0 fully saturated rings. The van der Waals surface area contributed by atoms with E-state index in [1.807, 2.05) is 0 Å². The molecule has 94 valence electrons. The number of nitrogens with one attached hydrogen (secondary N) is 1.